The van der Waals surface area contributed by atoms with E-state index in [1.165, 1.54) is 35.0 Å². The lowest BCUT2D eigenvalue weighted by Crippen LogP contribution is -2.70. The molecule has 2 bridgehead atoms. The summed E-state index contributed by atoms with van der Waals surface area (Å²) in [7, 11) is 0. The normalized spacial score (nSPS) is 21.7. The highest BCUT2D eigenvalue weighted by molar-refractivity contribution is 6.03. The summed E-state index contributed by atoms with van der Waals surface area (Å²) in [6.45, 7) is 4.44. The molecule has 0 radical (unpaired) electrons. The van der Waals surface area contributed by atoms with Crippen LogP contribution in [-0.4, -0.2) is 137 Å². The first kappa shape index (κ1) is 49.9. The highest BCUT2D eigenvalue weighted by Gasteiger charge is 2.51. The van der Waals surface area contributed by atoms with Crippen molar-refractivity contribution in [3.8, 4) is 52.5 Å². The van der Waals surface area contributed by atoms with E-state index >= 15 is 8.78 Å². The number of nitrogens with zero attached hydrogens (tertiary/aromatic N) is 8. The third-order valence-corrected chi connectivity index (χ3v) is 16.4. The van der Waals surface area contributed by atoms with Crippen molar-refractivity contribution < 1.29 is 57.1 Å². The smallest absolute Gasteiger partial charge is 0.340 e. The minimum Gasteiger partial charge on any atom is -0.508 e. The predicted octanol–water partition coefficient (Wildman–Crippen LogP) is 4.63. The molecule has 7 aliphatic heterocycles. The first-order chi connectivity index (χ1) is 38.1. The van der Waals surface area contributed by atoms with Gasteiger partial charge in [0.25, 0.3) is 11.5 Å². The maximum absolute atomic E-state index is 17.3. The zero-order chi connectivity index (χ0) is 54.8. The lowest BCUT2D eigenvalue weighted by Gasteiger charge is -2.56. The number of pyridine rings is 3. The number of cyclic esters (lactones) is 1. The summed E-state index contributed by atoms with van der Waals surface area (Å²) in [6.07, 6.45) is 7.00. The molecule has 4 N–H and O–H groups in total. The summed E-state index contributed by atoms with van der Waals surface area (Å²) in [4.78, 5) is 77.1. The number of carbonyl (C=O) groups is 3. The van der Waals surface area contributed by atoms with Crippen molar-refractivity contribution in [3.63, 3.8) is 0 Å². The number of anilines is 1. The van der Waals surface area contributed by atoms with Gasteiger partial charge in [-0.05, 0) is 79.2 Å². The monoisotopic (exact) mass is 1080 g/mol. The van der Waals surface area contributed by atoms with Gasteiger partial charge in [-0.3, -0.25) is 24.3 Å². The molecule has 2 amide bonds. The van der Waals surface area contributed by atoms with Crippen LogP contribution in [0.25, 0.3) is 55.2 Å². The van der Waals surface area contributed by atoms with Gasteiger partial charge in [0.2, 0.25) is 5.91 Å². The van der Waals surface area contributed by atoms with Crippen LogP contribution < -0.4 is 25.2 Å². The third-order valence-electron chi connectivity index (χ3n) is 16.4. The summed E-state index contributed by atoms with van der Waals surface area (Å²) >= 11 is 0. The molecule has 79 heavy (non-hydrogen) atoms. The lowest BCUT2D eigenvalue weighted by molar-refractivity contribution is -0.157. The molecule has 5 fully saturated rings. The van der Waals surface area contributed by atoms with E-state index in [0.717, 1.165) is 13.0 Å². The number of aliphatic hydroxyl groups is 2. The maximum atomic E-state index is 17.3. The number of aromatic nitrogens is 5. The molecule has 0 saturated carbocycles. The van der Waals surface area contributed by atoms with E-state index in [9.17, 15) is 38.9 Å². The second-order valence-electron chi connectivity index (χ2n) is 21.0. The average Bonchev–Trinajstić information content (AvgIpc) is 4.29. The quantitative estimate of drug-likeness (QED) is 0.0742. The Bertz CT molecular complexity index is 3950. The first-order valence-electron chi connectivity index (χ1n) is 25.7. The predicted molar refractivity (Wildman–Crippen MR) is 278 cm³/mol. The second kappa shape index (κ2) is 18.8. The highest BCUT2D eigenvalue weighted by atomic mass is 19.1. The number of rotatable bonds is 12. The number of carbonyl (C=O) groups excluding carboxylic acids is 3. The van der Waals surface area contributed by atoms with Gasteiger partial charge >= 0.3 is 12.0 Å². The number of fused-ring (bicyclic) bond motifs is 10. The van der Waals surface area contributed by atoms with Crippen LogP contribution in [0.5, 0.6) is 17.5 Å². The van der Waals surface area contributed by atoms with E-state index in [1.54, 1.807) is 29.2 Å². The van der Waals surface area contributed by atoms with Gasteiger partial charge in [-0.25, -0.2) is 22.9 Å². The number of terminal acetylenes is 1. The minimum atomic E-state index is -1.65. The van der Waals surface area contributed by atoms with Crippen LogP contribution in [-0.2, 0) is 38.8 Å². The largest absolute Gasteiger partial charge is 0.508 e. The molecule has 5 saturated heterocycles. The van der Waals surface area contributed by atoms with Gasteiger partial charge in [-0.15, -0.1) is 6.42 Å². The van der Waals surface area contributed by atoms with E-state index in [0.29, 0.717) is 63.2 Å². The maximum Gasteiger partial charge on any atom is 0.340 e. The van der Waals surface area contributed by atoms with Gasteiger partial charge < -0.3 is 49.2 Å². The Morgan fingerprint density at radius 1 is 1.00 bits per heavy atom. The fourth-order valence-electron chi connectivity index (χ4n) is 12.7. The summed E-state index contributed by atoms with van der Waals surface area (Å²) in [5.41, 5.74) is 1.30. The molecule has 0 aliphatic carbocycles. The molecular formula is C57H48F3N9O10. The summed E-state index contributed by atoms with van der Waals surface area (Å²) in [5, 5.41) is 34.9. The Morgan fingerprint density at radius 3 is 2.62 bits per heavy atom. The number of nitrogens with one attached hydrogen (secondary N) is 1. The third kappa shape index (κ3) is 8.08. The van der Waals surface area contributed by atoms with E-state index in [-0.39, 0.29) is 139 Å². The molecule has 7 aliphatic rings. The number of benzene rings is 3. The van der Waals surface area contributed by atoms with Gasteiger partial charge in [0, 0.05) is 71.8 Å². The van der Waals surface area contributed by atoms with E-state index < -0.39 is 53.5 Å². The van der Waals surface area contributed by atoms with E-state index in [1.807, 2.05) is 4.90 Å². The van der Waals surface area contributed by atoms with Crippen molar-refractivity contribution in [2.45, 2.75) is 75.3 Å². The fraction of sp³-hybridized carbons (Fsp3) is 0.333. The number of aliphatic hydroxyl groups excluding tert-OH is 2. The van der Waals surface area contributed by atoms with E-state index in [2.05, 4.69) is 32.7 Å². The number of hydrogen-bond acceptors (Lipinski definition) is 16. The standard InChI is InChI=1S/C57H48F3N9O10/c1-3-34-42(59)7-5-28-11-32(71)13-37(46(28)34)49-47(60)50-39(18-62-49)52(65-56(64-50)79-26-57-9-4-10-67(57)19-29(58)16-57)66-20-30-12-31(21-66)69(30)53(74)27(2)24-77-33-6-8-43-35(14-33)38(17-61-45(72)23-70)40-22-68-44(48(40)63-43)15-36-41(54(68)75)25-78-55(76)51(36)73/h1,5-8,11,13-15,18,29-31,51,70-71,73H,2,4,9-10,12,16-17,19-26H2,(H,61,72)/t29?,30?,31?,51?,57-/m0/s1. The molecule has 19 nitrogen and oxygen atoms in total. The van der Waals surface area contributed by atoms with Gasteiger partial charge in [-0.1, -0.05) is 18.6 Å². The van der Waals surface area contributed by atoms with Crippen molar-refractivity contribution >= 4 is 56.2 Å². The molecule has 14 rings (SSSR count). The molecule has 11 heterocycles. The molecular weight excluding hydrogens is 1030 g/mol. The summed E-state index contributed by atoms with van der Waals surface area (Å²) < 4.78 is 66.3. The van der Waals surface area contributed by atoms with Crippen molar-refractivity contribution in [1.29, 1.82) is 0 Å². The molecule has 402 valence electrons. The Balaban J connectivity index is 0.766. The Hall–Kier alpha value is -8.65. The number of aromatic hydroxyl groups is 1. The van der Waals surface area contributed by atoms with E-state index in [4.69, 9.17) is 30.6 Å². The van der Waals surface area contributed by atoms with Gasteiger partial charge in [0.15, 0.2) is 11.9 Å². The van der Waals surface area contributed by atoms with Crippen molar-refractivity contribution in [2.24, 2.45) is 0 Å². The van der Waals surface area contributed by atoms with Crippen LogP contribution in [0.4, 0.5) is 19.0 Å². The number of amides is 2. The summed E-state index contributed by atoms with van der Waals surface area (Å²) in [5.74, 6) is -0.705. The molecule has 5 atom stereocenters. The minimum absolute atomic E-state index is 0.0424. The number of phenols is 1. The number of esters is 1. The highest BCUT2D eigenvalue weighted by Crippen LogP contribution is 2.44. The number of halogens is 3. The Labute approximate surface area is 446 Å². The van der Waals surface area contributed by atoms with Crippen molar-refractivity contribution in [1.82, 2.24) is 39.6 Å². The van der Waals surface area contributed by atoms with Gasteiger partial charge in [-0.2, -0.15) is 9.97 Å². The first-order valence-corrected chi connectivity index (χ1v) is 25.7. The van der Waals surface area contributed by atoms with Crippen molar-refractivity contribution in [3.05, 3.63) is 117 Å². The zero-order valence-corrected chi connectivity index (χ0v) is 42.1. The van der Waals surface area contributed by atoms with Crippen LogP contribution in [0.2, 0.25) is 0 Å². The molecule has 7 aromatic rings. The van der Waals surface area contributed by atoms with Crippen LogP contribution in [0.3, 0.4) is 0 Å². The molecule has 22 heteroatoms. The molecule has 4 unspecified atom stereocenters. The topological polar surface area (TPSA) is 235 Å². The van der Waals surface area contributed by atoms with Crippen LogP contribution >= 0.6 is 0 Å². The molecule has 0 spiro atoms. The van der Waals surface area contributed by atoms with Crippen LogP contribution in [0.1, 0.15) is 59.6 Å². The van der Waals surface area contributed by atoms with Crippen molar-refractivity contribution in [2.75, 3.05) is 50.9 Å². The Kier molecular flexibility index (Phi) is 11.9. The summed E-state index contributed by atoms with van der Waals surface area (Å²) in [6, 6.07) is 11.1. The van der Waals surface area contributed by atoms with Crippen LogP contribution in [0, 0.1) is 24.0 Å². The number of hydrogen-bond donors (Lipinski definition) is 4. The number of piperidine rings is 1. The van der Waals surface area contributed by atoms with Crippen LogP contribution in [0.15, 0.2) is 71.7 Å². The molecule has 4 aromatic heterocycles. The number of ether oxygens (including phenoxy) is 3. The van der Waals surface area contributed by atoms with Gasteiger partial charge in [0.1, 0.15) is 66.9 Å². The zero-order valence-electron chi connectivity index (χ0n) is 42.1. The SMILES string of the molecule is C#Cc1c(F)ccc2cc(O)cc(-c3ncc4c(N5CC6CC(C5)N6C(=O)C(=C)COc5ccc6nc7c(c(CNC(=O)CO)c6c5)Cn5c-7cc6c(c5=O)COC(=O)C6O)nc(OC[C@@]56CCCN5CC(F)C6)nc4c3F)c12. The van der Waals surface area contributed by atoms with Gasteiger partial charge in [0.05, 0.1) is 57.6 Å². The lowest BCUT2D eigenvalue weighted by atomic mass is 9.86. The Morgan fingerprint density at radius 2 is 1.82 bits per heavy atom. The number of phenolic OH excluding ortho intramolecular Hbond substituents is 1. The number of piperazine rings is 1. The molecule has 3 aromatic carbocycles. The fourth-order valence-corrected chi connectivity index (χ4v) is 12.7. The second-order valence-corrected chi connectivity index (χ2v) is 21.0. The number of alkyl halides is 1. The average molecular weight is 1080 g/mol.